The van der Waals surface area contributed by atoms with E-state index in [1.807, 2.05) is 13.8 Å². The highest BCUT2D eigenvalue weighted by molar-refractivity contribution is 6.17. The van der Waals surface area contributed by atoms with Gasteiger partial charge in [-0.2, -0.15) is 0 Å². The average Bonchev–Trinajstić information content (AvgIpc) is 1.61. The summed E-state index contributed by atoms with van der Waals surface area (Å²) in [7, 11) is 0. The number of hydrogen-bond donors (Lipinski definition) is 0. The lowest BCUT2D eigenvalue weighted by Crippen LogP contribution is -1.96. The van der Waals surface area contributed by atoms with Gasteiger partial charge in [-0.3, -0.25) is 0 Å². The van der Waals surface area contributed by atoms with Crippen LogP contribution in [0.2, 0.25) is 0 Å². The van der Waals surface area contributed by atoms with Crippen molar-refractivity contribution in [2.75, 3.05) is 12.7 Å². The molecular weight excluding hydrogens is 112 g/mol. The molecule has 0 amide bonds. The van der Waals surface area contributed by atoms with E-state index in [-0.39, 0.29) is 0 Å². The first kappa shape index (κ1) is 7.25. The minimum atomic E-state index is 0.297. The first-order valence-corrected chi connectivity index (χ1v) is 2.73. The molecule has 0 aliphatic rings. The number of alkyl halides is 1. The van der Waals surface area contributed by atoms with E-state index in [9.17, 15) is 0 Å². The van der Waals surface area contributed by atoms with Crippen LogP contribution in [0, 0.1) is 5.92 Å². The molecule has 0 aromatic heterocycles. The Hall–Kier alpha value is 0.250. The summed E-state index contributed by atoms with van der Waals surface area (Å²) in [6, 6.07) is 0.297. The first-order valence-electron chi connectivity index (χ1n) is 2.20. The quantitative estimate of drug-likeness (QED) is 0.518. The van der Waals surface area contributed by atoms with Crippen molar-refractivity contribution in [3.63, 3.8) is 0 Å². The second-order valence-corrected chi connectivity index (χ2v) is 1.88. The Kier molecular flexibility index (Phi) is 4.57. The Morgan fingerprint density at radius 3 is 2.29 bits per heavy atom. The van der Waals surface area contributed by atoms with Crippen LogP contribution in [-0.2, 0) is 4.74 Å². The maximum absolute atomic E-state index is 5.21. The fraction of sp³-hybridized carbons (Fsp3) is 0.800. The van der Waals surface area contributed by atoms with Crippen molar-refractivity contribution in [2.45, 2.75) is 13.8 Å². The third kappa shape index (κ3) is 6.25. The van der Waals surface area contributed by atoms with Crippen LogP contribution in [0.3, 0.4) is 0 Å². The molecule has 0 rings (SSSR count). The van der Waals surface area contributed by atoms with E-state index in [0.717, 1.165) is 0 Å². The summed E-state index contributed by atoms with van der Waals surface area (Å²) < 4.78 is 4.82. The Bertz CT molecular complexity index is 37.1. The van der Waals surface area contributed by atoms with Crippen LogP contribution in [0.15, 0.2) is 0 Å². The Balaban J connectivity index is 2.68. The molecule has 0 heterocycles. The molecule has 0 spiro atoms. The van der Waals surface area contributed by atoms with Crippen LogP contribution >= 0.6 is 11.6 Å². The highest BCUT2D eigenvalue weighted by atomic mass is 35.5. The third-order valence-electron chi connectivity index (χ3n) is 0.468. The van der Waals surface area contributed by atoms with Gasteiger partial charge in [0.2, 0.25) is 0 Å². The molecule has 0 aromatic rings. The van der Waals surface area contributed by atoms with Crippen molar-refractivity contribution in [2.24, 2.45) is 0 Å². The molecule has 0 bridgehead atoms. The van der Waals surface area contributed by atoms with Crippen molar-refractivity contribution in [1.29, 1.82) is 0 Å². The van der Waals surface area contributed by atoms with Crippen LogP contribution < -0.4 is 0 Å². The Morgan fingerprint density at radius 1 is 1.57 bits per heavy atom. The molecular formula is C5H10ClO. The molecule has 0 aliphatic heterocycles. The van der Waals surface area contributed by atoms with Crippen molar-refractivity contribution < 1.29 is 4.74 Å². The van der Waals surface area contributed by atoms with Crippen molar-refractivity contribution in [1.82, 2.24) is 0 Å². The van der Waals surface area contributed by atoms with Gasteiger partial charge in [-0.15, -0.1) is 0 Å². The second kappa shape index (κ2) is 4.41. The van der Waals surface area contributed by atoms with Crippen LogP contribution in [0.25, 0.3) is 0 Å². The maximum atomic E-state index is 5.21. The summed E-state index contributed by atoms with van der Waals surface area (Å²) in [5.74, 6) is 1.25. The first-order chi connectivity index (χ1) is 3.27. The fourth-order valence-electron chi connectivity index (χ4n) is 0.243. The number of halogens is 1. The van der Waals surface area contributed by atoms with Gasteiger partial charge in [0.15, 0.2) is 0 Å². The van der Waals surface area contributed by atoms with E-state index in [0.29, 0.717) is 12.7 Å². The van der Waals surface area contributed by atoms with Gasteiger partial charge in [-0.25, -0.2) is 0 Å². The number of ether oxygens (including phenoxy) is 1. The molecule has 7 heavy (non-hydrogen) atoms. The largest absolute Gasteiger partial charge is 0.365 e. The average molecular weight is 122 g/mol. The zero-order valence-corrected chi connectivity index (χ0v) is 5.46. The zero-order chi connectivity index (χ0) is 5.70. The van der Waals surface area contributed by atoms with Crippen molar-refractivity contribution in [3.8, 4) is 0 Å². The van der Waals surface area contributed by atoms with Gasteiger partial charge in [0.25, 0.3) is 0 Å². The van der Waals surface area contributed by atoms with E-state index in [1.54, 1.807) is 0 Å². The lowest BCUT2D eigenvalue weighted by Gasteiger charge is -1.99. The molecule has 0 fully saturated rings. The minimum absolute atomic E-state index is 0.297. The SMILES string of the molecule is C[C](C)COCCl. The summed E-state index contributed by atoms with van der Waals surface area (Å²) in [5.41, 5.74) is 0. The highest BCUT2D eigenvalue weighted by Gasteiger charge is 1.89. The van der Waals surface area contributed by atoms with Gasteiger partial charge in [0.05, 0.1) is 6.61 Å². The molecule has 2 heteroatoms. The Labute approximate surface area is 49.6 Å². The summed E-state index contributed by atoms with van der Waals surface area (Å²) >= 11 is 5.21. The molecule has 0 aliphatic carbocycles. The zero-order valence-electron chi connectivity index (χ0n) is 4.70. The normalized spacial score (nSPS) is 10.3. The highest BCUT2D eigenvalue weighted by Crippen LogP contribution is 1.94. The van der Waals surface area contributed by atoms with Crippen molar-refractivity contribution in [3.05, 3.63) is 5.92 Å². The van der Waals surface area contributed by atoms with Crippen molar-refractivity contribution >= 4 is 11.6 Å². The van der Waals surface area contributed by atoms with E-state index in [2.05, 4.69) is 0 Å². The molecule has 0 unspecified atom stereocenters. The minimum Gasteiger partial charge on any atom is -0.365 e. The van der Waals surface area contributed by atoms with E-state index in [4.69, 9.17) is 16.3 Å². The van der Waals surface area contributed by atoms with Crippen LogP contribution in [-0.4, -0.2) is 12.7 Å². The molecule has 0 aromatic carbocycles. The topological polar surface area (TPSA) is 9.23 Å². The fourth-order valence-corrected chi connectivity index (χ4v) is 0.320. The third-order valence-corrected chi connectivity index (χ3v) is 0.622. The van der Waals surface area contributed by atoms with Gasteiger partial charge in [-0.1, -0.05) is 25.4 Å². The van der Waals surface area contributed by atoms with Gasteiger partial charge in [0.1, 0.15) is 6.07 Å². The van der Waals surface area contributed by atoms with Crippen LogP contribution in [0.4, 0.5) is 0 Å². The Morgan fingerprint density at radius 2 is 2.14 bits per heavy atom. The van der Waals surface area contributed by atoms with Gasteiger partial charge in [-0.05, 0) is 5.92 Å². The van der Waals surface area contributed by atoms with Crippen LogP contribution in [0.5, 0.6) is 0 Å². The molecule has 0 saturated carbocycles. The van der Waals surface area contributed by atoms with Crippen LogP contribution in [0.1, 0.15) is 13.8 Å². The summed E-state index contributed by atoms with van der Waals surface area (Å²) in [6.45, 7) is 4.70. The lowest BCUT2D eigenvalue weighted by atomic mass is 10.2. The summed E-state index contributed by atoms with van der Waals surface area (Å²) in [6.07, 6.45) is 0. The lowest BCUT2D eigenvalue weighted by molar-refractivity contribution is 0.191. The maximum Gasteiger partial charge on any atom is 0.120 e. The molecule has 0 N–H and O–H groups in total. The van der Waals surface area contributed by atoms with Gasteiger partial charge >= 0.3 is 0 Å². The predicted octanol–water partition coefficient (Wildman–Crippen LogP) is 1.81. The second-order valence-electron chi connectivity index (χ2n) is 1.66. The van der Waals surface area contributed by atoms with E-state index >= 15 is 0 Å². The monoisotopic (exact) mass is 121 g/mol. The number of hydrogen-bond acceptors (Lipinski definition) is 1. The summed E-state index contributed by atoms with van der Waals surface area (Å²) in [5, 5.41) is 0. The molecule has 43 valence electrons. The number of rotatable bonds is 3. The smallest absolute Gasteiger partial charge is 0.120 e. The molecule has 0 saturated heterocycles. The predicted molar refractivity (Wildman–Crippen MR) is 31.3 cm³/mol. The van der Waals surface area contributed by atoms with E-state index < -0.39 is 0 Å². The van der Waals surface area contributed by atoms with Gasteiger partial charge in [0, 0.05) is 0 Å². The molecule has 1 radical (unpaired) electrons. The van der Waals surface area contributed by atoms with Gasteiger partial charge < -0.3 is 4.74 Å². The molecule has 0 atom stereocenters. The standard InChI is InChI=1S/C5H10ClO/c1-5(2)3-7-4-6/h3-4H2,1-2H3. The summed E-state index contributed by atoms with van der Waals surface area (Å²) in [4.78, 5) is 0. The molecule has 1 nitrogen and oxygen atoms in total. The van der Waals surface area contributed by atoms with E-state index in [1.165, 1.54) is 5.92 Å².